The van der Waals surface area contributed by atoms with Crippen molar-refractivity contribution in [2.45, 2.75) is 38.8 Å². The molecule has 106 valence electrons. The monoisotopic (exact) mass is 255 g/mol. The van der Waals surface area contributed by atoms with Crippen molar-refractivity contribution in [2.24, 2.45) is 5.92 Å². The van der Waals surface area contributed by atoms with Crippen LogP contribution in [-0.2, 0) is 0 Å². The second-order valence-corrected chi connectivity index (χ2v) is 5.79. The van der Waals surface area contributed by atoms with E-state index >= 15 is 0 Å². The molecule has 2 N–H and O–H groups in total. The molecule has 3 saturated heterocycles. The SMILES string of the molecule is CCN(CC)CC(O)CNC1CN2CCC1CC2. The third-order valence-electron chi connectivity index (χ3n) is 4.64. The molecule has 4 nitrogen and oxygen atoms in total. The summed E-state index contributed by atoms with van der Waals surface area (Å²) in [7, 11) is 0. The van der Waals surface area contributed by atoms with E-state index in [1.54, 1.807) is 0 Å². The highest BCUT2D eigenvalue weighted by Crippen LogP contribution is 2.27. The van der Waals surface area contributed by atoms with Crippen LogP contribution in [0.15, 0.2) is 0 Å². The highest BCUT2D eigenvalue weighted by atomic mass is 16.3. The predicted molar refractivity (Wildman–Crippen MR) is 74.7 cm³/mol. The van der Waals surface area contributed by atoms with Crippen molar-refractivity contribution in [2.75, 3.05) is 45.8 Å². The number of hydrogen-bond acceptors (Lipinski definition) is 4. The summed E-state index contributed by atoms with van der Waals surface area (Å²) in [5.74, 6) is 0.843. The van der Waals surface area contributed by atoms with Gasteiger partial charge < -0.3 is 20.2 Å². The fourth-order valence-corrected chi connectivity index (χ4v) is 3.33. The van der Waals surface area contributed by atoms with Crippen molar-refractivity contribution in [3.63, 3.8) is 0 Å². The molecule has 2 bridgehead atoms. The molecule has 0 saturated carbocycles. The standard InChI is InChI=1S/C14H29N3O/c1-3-16(4-2)10-13(18)9-15-14-11-17-7-5-12(14)6-8-17/h12-15,18H,3-11H2,1-2H3. The highest BCUT2D eigenvalue weighted by molar-refractivity contribution is 4.91. The van der Waals surface area contributed by atoms with E-state index in [-0.39, 0.29) is 6.10 Å². The summed E-state index contributed by atoms with van der Waals surface area (Å²) in [4.78, 5) is 4.83. The van der Waals surface area contributed by atoms with Crippen molar-refractivity contribution >= 4 is 0 Å². The molecular weight excluding hydrogens is 226 g/mol. The van der Waals surface area contributed by atoms with Crippen LogP contribution in [0.4, 0.5) is 0 Å². The zero-order valence-electron chi connectivity index (χ0n) is 11.9. The molecule has 3 heterocycles. The van der Waals surface area contributed by atoms with E-state index in [2.05, 4.69) is 29.0 Å². The lowest BCUT2D eigenvalue weighted by molar-refractivity contribution is 0.0577. The first-order valence-corrected chi connectivity index (χ1v) is 7.59. The Bertz CT molecular complexity index is 237. The number of nitrogens with one attached hydrogen (secondary N) is 1. The zero-order valence-corrected chi connectivity index (χ0v) is 11.9. The van der Waals surface area contributed by atoms with E-state index in [0.717, 1.165) is 32.1 Å². The Morgan fingerprint density at radius 1 is 1.28 bits per heavy atom. The first-order valence-electron chi connectivity index (χ1n) is 7.59. The second kappa shape index (κ2) is 6.85. The summed E-state index contributed by atoms with van der Waals surface area (Å²) in [5, 5.41) is 13.7. The van der Waals surface area contributed by atoms with Crippen LogP contribution < -0.4 is 5.32 Å². The molecule has 2 unspecified atom stereocenters. The molecule has 0 aliphatic carbocycles. The van der Waals surface area contributed by atoms with Crippen molar-refractivity contribution in [1.29, 1.82) is 0 Å². The summed E-state index contributed by atoms with van der Waals surface area (Å²) in [5.41, 5.74) is 0. The Kier molecular flexibility index (Phi) is 5.42. The average Bonchev–Trinajstić information content (AvgIpc) is 2.44. The van der Waals surface area contributed by atoms with Crippen LogP contribution in [0.2, 0.25) is 0 Å². The predicted octanol–water partition coefficient (Wildman–Crippen LogP) is 0.373. The molecule has 4 heteroatoms. The quantitative estimate of drug-likeness (QED) is 0.689. The van der Waals surface area contributed by atoms with Crippen molar-refractivity contribution in [3.05, 3.63) is 0 Å². The van der Waals surface area contributed by atoms with Gasteiger partial charge in [-0.05, 0) is 44.9 Å². The maximum atomic E-state index is 10.1. The largest absolute Gasteiger partial charge is 0.390 e. The maximum absolute atomic E-state index is 10.1. The van der Waals surface area contributed by atoms with Crippen molar-refractivity contribution in [1.82, 2.24) is 15.1 Å². The van der Waals surface area contributed by atoms with E-state index in [0.29, 0.717) is 6.04 Å². The number of nitrogens with zero attached hydrogens (tertiary/aromatic N) is 2. The Hall–Kier alpha value is -0.160. The summed E-state index contributed by atoms with van der Waals surface area (Å²) in [6, 6.07) is 0.610. The van der Waals surface area contributed by atoms with Gasteiger partial charge in [-0.25, -0.2) is 0 Å². The van der Waals surface area contributed by atoms with Crippen LogP contribution in [0.5, 0.6) is 0 Å². The van der Waals surface area contributed by atoms with Crippen LogP contribution in [0.25, 0.3) is 0 Å². The number of likely N-dealkylation sites (N-methyl/N-ethyl adjacent to an activating group) is 1. The van der Waals surface area contributed by atoms with Crippen LogP contribution in [0.1, 0.15) is 26.7 Å². The normalized spacial score (nSPS) is 33.0. The van der Waals surface area contributed by atoms with Gasteiger partial charge in [-0.2, -0.15) is 0 Å². The van der Waals surface area contributed by atoms with E-state index in [4.69, 9.17) is 0 Å². The lowest BCUT2D eigenvalue weighted by atomic mass is 9.84. The lowest BCUT2D eigenvalue weighted by Crippen LogP contribution is -2.57. The molecule has 3 fully saturated rings. The highest BCUT2D eigenvalue weighted by Gasteiger charge is 2.33. The number of rotatable bonds is 7. The van der Waals surface area contributed by atoms with Crippen LogP contribution in [0, 0.1) is 5.92 Å². The molecule has 3 aliphatic rings. The number of aliphatic hydroxyl groups excluding tert-OH is 1. The fourth-order valence-electron chi connectivity index (χ4n) is 3.33. The van der Waals surface area contributed by atoms with Crippen molar-refractivity contribution in [3.8, 4) is 0 Å². The third kappa shape index (κ3) is 3.67. The van der Waals surface area contributed by atoms with Gasteiger partial charge in [-0.1, -0.05) is 13.8 Å². The van der Waals surface area contributed by atoms with Gasteiger partial charge in [-0.15, -0.1) is 0 Å². The Labute approximate surface area is 111 Å². The number of hydrogen-bond donors (Lipinski definition) is 2. The first kappa shape index (κ1) is 14.3. The topological polar surface area (TPSA) is 38.7 Å². The zero-order chi connectivity index (χ0) is 13.0. The van der Waals surface area contributed by atoms with Crippen molar-refractivity contribution < 1.29 is 5.11 Å². The summed E-state index contributed by atoms with van der Waals surface area (Å²) < 4.78 is 0. The van der Waals surface area contributed by atoms with Gasteiger partial charge in [0, 0.05) is 25.7 Å². The summed E-state index contributed by atoms with van der Waals surface area (Å²) >= 11 is 0. The molecule has 3 rings (SSSR count). The molecule has 18 heavy (non-hydrogen) atoms. The van der Waals surface area contributed by atoms with Crippen LogP contribution in [0.3, 0.4) is 0 Å². The second-order valence-electron chi connectivity index (χ2n) is 5.79. The minimum Gasteiger partial charge on any atom is -0.390 e. The molecule has 3 aliphatic heterocycles. The molecule has 0 aromatic carbocycles. The summed E-state index contributed by atoms with van der Waals surface area (Å²) in [6.07, 6.45) is 2.44. The van der Waals surface area contributed by atoms with Gasteiger partial charge in [-0.3, -0.25) is 0 Å². The van der Waals surface area contributed by atoms with Gasteiger partial charge in [0.25, 0.3) is 0 Å². The molecule has 0 spiro atoms. The maximum Gasteiger partial charge on any atom is 0.0791 e. The first-order chi connectivity index (χ1) is 8.72. The van der Waals surface area contributed by atoms with E-state index < -0.39 is 0 Å². The van der Waals surface area contributed by atoms with Gasteiger partial charge in [0.1, 0.15) is 0 Å². The van der Waals surface area contributed by atoms with E-state index in [1.807, 2.05) is 0 Å². The molecule has 0 amide bonds. The Morgan fingerprint density at radius 2 is 1.94 bits per heavy atom. The minimum absolute atomic E-state index is 0.236. The number of aliphatic hydroxyl groups is 1. The van der Waals surface area contributed by atoms with Gasteiger partial charge in [0.05, 0.1) is 6.10 Å². The van der Waals surface area contributed by atoms with Gasteiger partial charge in [0.15, 0.2) is 0 Å². The minimum atomic E-state index is -0.236. The van der Waals surface area contributed by atoms with Gasteiger partial charge in [0.2, 0.25) is 0 Å². The third-order valence-corrected chi connectivity index (χ3v) is 4.64. The lowest BCUT2D eigenvalue weighted by Gasteiger charge is -2.45. The molecule has 0 aromatic heterocycles. The van der Waals surface area contributed by atoms with Gasteiger partial charge >= 0.3 is 0 Å². The summed E-state index contributed by atoms with van der Waals surface area (Å²) in [6.45, 7) is 11.6. The van der Waals surface area contributed by atoms with Crippen LogP contribution in [-0.4, -0.2) is 72.9 Å². The number of piperidine rings is 3. The smallest absolute Gasteiger partial charge is 0.0791 e. The fraction of sp³-hybridized carbons (Fsp3) is 1.00. The van der Waals surface area contributed by atoms with E-state index in [9.17, 15) is 5.11 Å². The Morgan fingerprint density at radius 3 is 2.44 bits per heavy atom. The van der Waals surface area contributed by atoms with Crippen LogP contribution >= 0.6 is 0 Å². The molecule has 0 aromatic rings. The molecule has 0 radical (unpaired) electrons. The average molecular weight is 255 g/mol. The van der Waals surface area contributed by atoms with E-state index in [1.165, 1.54) is 32.5 Å². The molecular formula is C14H29N3O. The number of fused-ring (bicyclic) bond motifs is 3. The Balaban J connectivity index is 1.68. The molecule has 2 atom stereocenters.